The standard InChI is InChI=1S/C21H14BrClF3N3O2S/c22-12-3-1-2-11(6-12)14-8-18(30)29-20(15(14)9-27)32-10-19(31)28-13-4-5-17(23)16(7-13)21(24,25)26/h1-7,14H,8,10H2,(H,28,31)(H,29,30)/t14-/m0/s1. The molecule has 32 heavy (non-hydrogen) atoms. The van der Waals surface area contributed by atoms with Gasteiger partial charge in [0.25, 0.3) is 0 Å². The Morgan fingerprint density at radius 1 is 1.31 bits per heavy atom. The highest BCUT2D eigenvalue weighted by Crippen LogP contribution is 2.38. The normalized spacial score (nSPS) is 16.4. The van der Waals surface area contributed by atoms with Gasteiger partial charge in [-0.05, 0) is 35.9 Å². The molecule has 11 heteroatoms. The number of hydrogen-bond donors (Lipinski definition) is 2. The zero-order valence-corrected chi connectivity index (χ0v) is 19.3. The Labute approximate surface area is 199 Å². The van der Waals surface area contributed by atoms with E-state index in [0.29, 0.717) is 5.57 Å². The van der Waals surface area contributed by atoms with Gasteiger partial charge in [0.1, 0.15) is 0 Å². The number of hydrogen-bond acceptors (Lipinski definition) is 4. The first-order valence-electron chi connectivity index (χ1n) is 9.07. The van der Waals surface area contributed by atoms with Crippen molar-refractivity contribution in [3.63, 3.8) is 0 Å². The van der Waals surface area contributed by atoms with E-state index in [-0.39, 0.29) is 28.8 Å². The van der Waals surface area contributed by atoms with Crippen LogP contribution in [0.15, 0.2) is 57.5 Å². The lowest BCUT2D eigenvalue weighted by Gasteiger charge is -2.25. The number of alkyl halides is 3. The van der Waals surface area contributed by atoms with E-state index in [1.807, 2.05) is 12.1 Å². The number of halogens is 5. The fourth-order valence-electron chi connectivity index (χ4n) is 3.10. The van der Waals surface area contributed by atoms with Crippen molar-refractivity contribution in [1.82, 2.24) is 5.32 Å². The average Bonchev–Trinajstić information content (AvgIpc) is 2.72. The summed E-state index contributed by atoms with van der Waals surface area (Å²) in [5.41, 5.74) is -0.0440. The minimum absolute atomic E-state index is 0.0681. The molecule has 0 spiro atoms. The van der Waals surface area contributed by atoms with Crippen molar-refractivity contribution in [2.45, 2.75) is 18.5 Å². The molecular formula is C21H14BrClF3N3O2S. The van der Waals surface area contributed by atoms with E-state index in [4.69, 9.17) is 11.6 Å². The van der Waals surface area contributed by atoms with Crippen LogP contribution in [0.2, 0.25) is 5.02 Å². The Kier molecular flexibility index (Phi) is 7.54. The fourth-order valence-corrected chi connectivity index (χ4v) is 4.61. The Morgan fingerprint density at radius 2 is 2.06 bits per heavy atom. The third kappa shape index (κ3) is 5.85. The van der Waals surface area contributed by atoms with Crippen LogP contribution < -0.4 is 10.6 Å². The summed E-state index contributed by atoms with van der Waals surface area (Å²) in [6.07, 6.45) is -4.58. The first-order valence-corrected chi connectivity index (χ1v) is 11.2. The van der Waals surface area contributed by atoms with E-state index in [1.54, 1.807) is 12.1 Å². The largest absolute Gasteiger partial charge is 0.417 e. The summed E-state index contributed by atoms with van der Waals surface area (Å²) in [5, 5.41) is 14.4. The molecule has 2 aromatic carbocycles. The van der Waals surface area contributed by atoms with Gasteiger partial charge in [-0.2, -0.15) is 18.4 Å². The maximum Gasteiger partial charge on any atom is 0.417 e. The number of carbonyl (C=O) groups is 2. The van der Waals surface area contributed by atoms with Crippen molar-refractivity contribution in [3.05, 3.63) is 73.7 Å². The van der Waals surface area contributed by atoms with Crippen LogP contribution >= 0.6 is 39.3 Å². The van der Waals surface area contributed by atoms with Crippen molar-refractivity contribution in [1.29, 1.82) is 5.26 Å². The van der Waals surface area contributed by atoms with Crippen LogP contribution in [0.25, 0.3) is 0 Å². The molecular weight excluding hydrogens is 531 g/mol. The van der Waals surface area contributed by atoms with Gasteiger partial charge in [-0.3, -0.25) is 9.59 Å². The maximum atomic E-state index is 13.0. The van der Waals surface area contributed by atoms with Gasteiger partial charge in [0.05, 0.1) is 33.0 Å². The quantitative estimate of drug-likeness (QED) is 0.496. The number of nitrogens with zero attached hydrogens (tertiary/aromatic N) is 1. The molecule has 1 heterocycles. The second-order valence-electron chi connectivity index (χ2n) is 6.74. The molecule has 2 aromatic rings. The second kappa shape index (κ2) is 9.98. The molecule has 0 aliphatic carbocycles. The van der Waals surface area contributed by atoms with Gasteiger partial charge < -0.3 is 10.6 Å². The molecule has 2 amide bonds. The van der Waals surface area contributed by atoms with Gasteiger partial charge in [-0.1, -0.05) is 51.4 Å². The molecule has 0 fully saturated rings. The van der Waals surface area contributed by atoms with E-state index in [0.717, 1.165) is 33.9 Å². The van der Waals surface area contributed by atoms with Crippen molar-refractivity contribution >= 4 is 56.8 Å². The lowest BCUT2D eigenvalue weighted by Crippen LogP contribution is -2.31. The highest BCUT2D eigenvalue weighted by atomic mass is 79.9. The Bertz CT molecular complexity index is 1150. The summed E-state index contributed by atoms with van der Waals surface area (Å²) in [4.78, 5) is 24.5. The smallest absolute Gasteiger partial charge is 0.325 e. The average molecular weight is 545 g/mol. The first-order chi connectivity index (χ1) is 15.1. The first kappa shape index (κ1) is 24.2. The Balaban J connectivity index is 1.75. The topological polar surface area (TPSA) is 82.0 Å². The van der Waals surface area contributed by atoms with E-state index < -0.39 is 28.6 Å². The predicted molar refractivity (Wildman–Crippen MR) is 120 cm³/mol. The number of benzene rings is 2. The highest BCUT2D eigenvalue weighted by Gasteiger charge is 2.33. The number of anilines is 1. The van der Waals surface area contributed by atoms with Crippen LogP contribution in [-0.2, 0) is 15.8 Å². The van der Waals surface area contributed by atoms with Crippen molar-refractivity contribution in [3.8, 4) is 6.07 Å². The molecule has 1 aliphatic rings. The minimum atomic E-state index is -4.66. The number of amides is 2. The number of nitriles is 1. The van der Waals surface area contributed by atoms with Crippen LogP contribution in [0.4, 0.5) is 18.9 Å². The van der Waals surface area contributed by atoms with Gasteiger partial charge in [0.15, 0.2) is 0 Å². The van der Waals surface area contributed by atoms with Crippen LogP contribution in [0.5, 0.6) is 0 Å². The van der Waals surface area contributed by atoms with E-state index >= 15 is 0 Å². The number of nitrogens with one attached hydrogen (secondary N) is 2. The Hall–Kier alpha value is -2.48. The molecule has 0 radical (unpaired) electrons. The molecule has 0 aromatic heterocycles. The van der Waals surface area contributed by atoms with E-state index in [2.05, 4.69) is 32.6 Å². The Morgan fingerprint density at radius 3 is 2.72 bits per heavy atom. The molecule has 2 N–H and O–H groups in total. The summed E-state index contributed by atoms with van der Waals surface area (Å²) in [5.74, 6) is -1.60. The van der Waals surface area contributed by atoms with Crippen LogP contribution in [0, 0.1) is 11.3 Å². The second-order valence-corrected chi connectivity index (χ2v) is 9.05. The molecule has 0 unspecified atom stereocenters. The lowest BCUT2D eigenvalue weighted by molar-refractivity contribution is -0.137. The van der Waals surface area contributed by atoms with E-state index in [1.165, 1.54) is 6.07 Å². The SMILES string of the molecule is N#CC1=C(SCC(=O)Nc2ccc(Cl)c(C(F)(F)F)c2)NC(=O)C[C@H]1c1cccc(Br)c1. The van der Waals surface area contributed by atoms with Gasteiger partial charge in [-0.25, -0.2) is 0 Å². The van der Waals surface area contributed by atoms with Crippen LogP contribution in [0.3, 0.4) is 0 Å². The molecule has 1 atom stereocenters. The van der Waals surface area contributed by atoms with Gasteiger partial charge in [0.2, 0.25) is 11.8 Å². The van der Waals surface area contributed by atoms with Crippen molar-refractivity contribution in [2.75, 3.05) is 11.1 Å². The molecule has 166 valence electrons. The van der Waals surface area contributed by atoms with Crippen molar-refractivity contribution < 1.29 is 22.8 Å². The summed E-state index contributed by atoms with van der Waals surface area (Å²) >= 11 is 9.88. The molecule has 3 rings (SSSR count). The third-order valence-electron chi connectivity index (χ3n) is 4.51. The number of rotatable bonds is 5. The van der Waals surface area contributed by atoms with Gasteiger partial charge >= 0.3 is 6.18 Å². The highest BCUT2D eigenvalue weighted by molar-refractivity contribution is 9.10. The number of thioether (sulfide) groups is 1. The molecule has 5 nitrogen and oxygen atoms in total. The molecule has 0 bridgehead atoms. The predicted octanol–water partition coefficient (Wildman–Crippen LogP) is 5.83. The summed E-state index contributed by atoms with van der Waals surface area (Å²) < 4.78 is 39.8. The molecule has 0 saturated heterocycles. The maximum absolute atomic E-state index is 13.0. The van der Waals surface area contributed by atoms with Crippen molar-refractivity contribution in [2.24, 2.45) is 0 Å². The summed E-state index contributed by atoms with van der Waals surface area (Å²) in [7, 11) is 0. The summed E-state index contributed by atoms with van der Waals surface area (Å²) in [6, 6.07) is 12.4. The zero-order chi connectivity index (χ0) is 23.5. The lowest BCUT2D eigenvalue weighted by atomic mass is 9.87. The van der Waals surface area contributed by atoms with E-state index in [9.17, 15) is 28.0 Å². The van der Waals surface area contributed by atoms with Crippen LogP contribution in [-0.4, -0.2) is 17.6 Å². The van der Waals surface area contributed by atoms with Gasteiger partial charge in [0, 0.05) is 22.5 Å². The number of allylic oxidation sites excluding steroid dienone is 1. The van der Waals surface area contributed by atoms with Gasteiger partial charge in [-0.15, -0.1) is 0 Å². The number of carbonyl (C=O) groups excluding carboxylic acids is 2. The summed E-state index contributed by atoms with van der Waals surface area (Å²) in [6.45, 7) is 0. The molecule has 0 saturated carbocycles. The zero-order valence-electron chi connectivity index (χ0n) is 16.1. The fraction of sp³-hybridized carbons (Fsp3) is 0.190. The molecule has 1 aliphatic heterocycles. The minimum Gasteiger partial charge on any atom is -0.325 e. The monoisotopic (exact) mass is 543 g/mol. The third-order valence-corrected chi connectivity index (χ3v) is 6.35. The van der Waals surface area contributed by atoms with Crippen LogP contribution in [0.1, 0.15) is 23.5 Å².